The van der Waals surface area contributed by atoms with Crippen LogP contribution in [0.5, 0.6) is 0 Å². The summed E-state index contributed by atoms with van der Waals surface area (Å²) >= 11 is 5.92. The van der Waals surface area contributed by atoms with Crippen molar-refractivity contribution in [3.63, 3.8) is 0 Å². The van der Waals surface area contributed by atoms with Crippen LogP contribution in [-0.4, -0.2) is 42.6 Å². The lowest BCUT2D eigenvalue weighted by Gasteiger charge is -2.33. The summed E-state index contributed by atoms with van der Waals surface area (Å²) in [6.45, 7) is 2.48. The van der Waals surface area contributed by atoms with Gasteiger partial charge in [-0.2, -0.15) is 0 Å². The summed E-state index contributed by atoms with van der Waals surface area (Å²) < 4.78 is 0. The number of nitrogens with one attached hydrogen (secondary N) is 3. The summed E-state index contributed by atoms with van der Waals surface area (Å²) in [5.74, 6) is 0.217. The molecule has 0 bridgehead atoms. The quantitative estimate of drug-likeness (QED) is 0.433. The first-order valence-corrected chi connectivity index (χ1v) is 12.2. The fraction of sp³-hybridized carbons (Fsp3) is 0.296. The molecule has 35 heavy (non-hydrogen) atoms. The van der Waals surface area contributed by atoms with E-state index in [0.29, 0.717) is 29.6 Å². The number of amides is 3. The summed E-state index contributed by atoms with van der Waals surface area (Å²) in [5.41, 5.74) is 2.76. The van der Waals surface area contributed by atoms with Crippen molar-refractivity contribution in [3.8, 4) is 0 Å². The summed E-state index contributed by atoms with van der Waals surface area (Å²) in [6.07, 6.45) is 6.02. The second-order valence-corrected chi connectivity index (χ2v) is 9.17. The number of piperidine rings is 1. The Hall–Kier alpha value is -3.58. The second-order valence-electron chi connectivity index (χ2n) is 8.73. The molecule has 3 N–H and O–H groups in total. The number of benzene rings is 2. The fourth-order valence-electron chi connectivity index (χ4n) is 4.24. The predicted octanol–water partition coefficient (Wildman–Crippen LogP) is 4.50. The van der Waals surface area contributed by atoms with E-state index in [9.17, 15) is 9.59 Å². The van der Waals surface area contributed by atoms with Crippen LogP contribution in [0.1, 0.15) is 18.4 Å². The minimum absolute atomic E-state index is 0.184. The van der Waals surface area contributed by atoms with E-state index < -0.39 is 12.1 Å². The van der Waals surface area contributed by atoms with Crippen LogP contribution < -0.4 is 20.9 Å². The molecule has 8 heteroatoms. The van der Waals surface area contributed by atoms with Crippen molar-refractivity contribution < 1.29 is 9.59 Å². The molecule has 1 aliphatic rings. The number of hydrogen-bond acceptors (Lipinski definition) is 4. The third-order valence-corrected chi connectivity index (χ3v) is 6.47. The molecule has 1 saturated heterocycles. The Balaban J connectivity index is 1.31. The SMILES string of the molecule is O=C(Nc1ccc(Cl)cc1)NC(Cc1ccccc1)C(=O)NCC1CCN(c2ccncc2)CC1. The molecule has 2 aromatic carbocycles. The molecule has 1 aromatic heterocycles. The molecule has 7 nitrogen and oxygen atoms in total. The van der Waals surface area contributed by atoms with E-state index in [0.717, 1.165) is 31.5 Å². The number of pyridine rings is 1. The molecule has 1 aliphatic heterocycles. The van der Waals surface area contributed by atoms with E-state index in [4.69, 9.17) is 11.6 Å². The Kier molecular flexibility index (Phi) is 8.57. The van der Waals surface area contributed by atoms with Gasteiger partial charge >= 0.3 is 6.03 Å². The largest absolute Gasteiger partial charge is 0.371 e. The van der Waals surface area contributed by atoms with Gasteiger partial charge in [-0.1, -0.05) is 41.9 Å². The highest BCUT2D eigenvalue weighted by Crippen LogP contribution is 2.22. The van der Waals surface area contributed by atoms with Crippen molar-refractivity contribution >= 4 is 34.9 Å². The number of rotatable bonds is 8. The topological polar surface area (TPSA) is 86.4 Å². The maximum atomic E-state index is 13.1. The number of halogens is 1. The van der Waals surface area contributed by atoms with Crippen LogP contribution in [0.15, 0.2) is 79.1 Å². The lowest BCUT2D eigenvalue weighted by Crippen LogP contribution is -2.50. The second kappa shape index (κ2) is 12.2. The van der Waals surface area contributed by atoms with Gasteiger partial charge in [0.05, 0.1) is 0 Å². The van der Waals surface area contributed by atoms with Gasteiger partial charge in [-0.05, 0) is 60.7 Å². The van der Waals surface area contributed by atoms with Crippen molar-refractivity contribution in [1.29, 1.82) is 0 Å². The van der Waals surface area contributed by atoms with Crippen LogP contribution in [0.2, 0.25) is 5.02 Å². The Morgan fingerprint density at radius 3 is 2.34 bits per heavy atom. The standard InChI is InChI=1S/C27H30ClN5O2/c28-22-6-8-23(9-7-22)31-27(35)32-25(18-20-4-2-1-3-5-20)26(34)30-19-21-12-16-33(17-13-21)24-10-14-29-15-11-24/h1-11,14-15,21,25H,12-13,16-19H2,(H,30,34)(H2,31,32,35). The first-order chi connectivity index (χ1) is 17.1. The van der Waals surface area contributed by atoms with Gasteiger partial charge in [0, 0.05) is 54.8 Å². The first kappa shape index (κ1) is 24.5. The highest BCUT2D eigenvalue weighted by Gasteiger charge is 2.24. The van der Waals surface area contributed by atoms with Crippen molar-refractivity contribution in [3.05, 3.63) is 89.7 Å². The monoisotopic (exact) mass is 491 g/mol. The summed E-state index contributed by atoms with van der Waals surface area (Å²) in [6, 6.07) is 19.4. The van der Waals surface area contributed by atoms with Gasteiger partial charge in [0.25, 0.3) is 0 Å². The molecule has 1 unspecified atom stereocenters. The zero-order valence-corrected chi connectivity index (χ0v) is 20.2. The Bertz CT molecular complexity index is 1090. The van der Waals surface area contributed by atoms with Gasteiger partial charge in [0.1, 0.15) is 6.04 Å². The number of aromatic nitrogens is 1. The maximum Gasteiger partial charge on any atom is 0.319 e. The lowest BCUT2D eigenvalue weighted by molar-refractivity contribution is -0.123. The normalized spacial score (nSPS) is 14.7. The molecular weight excluding hydrogens is 462 g/mol. The van der Waals surface area contributed by atoms with Gasteiger partial charge in [-0.3, -0.25) is 9.78 Å². The first-order valence-electron chi connectivity index (χ1n) is 11.9. The van der Waals surface area contributed by atoms with Crippen molar-refractivity contribution in [2.45, 2.75) is 25.3 Å². The van der Waals surface area contributed by atoms with Gasteiger partial charge in [-0.25, -0.2) is 4.79 Å². The smallest absolute Gasteiger partial charge is 0.319 e. The minimum Gasteiger partial charge on any atom is -0.371 e. The predicted molar refractivity (Wildman–Crippen MR) is 140 cm³/mol. The molecule has 0 aliphatic carbocycles. The number of carbonyl (C=O) groups excluding carboxylic acids is 2. The van der Waals surface area contributed by atoms with Crippen molar-refractivity contribution in [2.24, 2.45) is 5.92 Å². The van der Waals surface area contributed by atoms with Crippen LogP contribution in [0.4, 0.5) is 16.2 Å². The van der Waals surface area contributed by atoms with E-state index in [1.807, 2.05) is 54.9 Å². The summed E-state index contributed by atoms with van der Waals surface area (Å²) in [7, 11) is 0. The third-order valence-electron chi connectivity index (χ3n) is 6.21. The third kappa shape index (κ3) is 7.45. The van der Waals surface area contributed by atoms with Crippen molar-refractivity contribution in [2.75, 3.05) is 29.9 Å². The number of hydrogen-bond donors (Lipinski definition) is 3. The Morgan fingerprint density at radius 1 is 0.971 bits per heavy atom. The summed E-state index contributed by atoms with van der Waals surface area (Å²) in [4.78, 5) is 32.2. The van der Waals surface area contributed by atoms with Crippen molar-refractivity contribution in [1.82, 2.24) is 15.6 Å². The molecule has 4 rings (SSSR count). The Morgan fingerprint density at radius 2 is 1.66 bits per heavy atom. The molecule has 182 valence electrons. The highest BCUT2D eigenvalue weighted by atomic mass is 35.5. The van der Waals surface area contributed by atoms with Crippen LogP contribution in [-0.2, 0) is 11.2 Å². The van der Waals surface area contributed by atoms with Gasteiger partial charge < -0.3 is 20.9 Å². The van der Waals surface area contributed by atoms with E-state index in [1.54, 1.807) is 24.3 Å². The molecule has 0 spiro atoms. The molecule has 1 atom stereocenters. The Labute approximate surface area is 210 Å². The average molecular weight is 492 g/mol. The number of carbonyl (C=O) groups is 2. The molecule has 0 saturated carbocycles. The van der Waals surface area contributed by atoms with E-state index in [-0.39, 0.29) is 5.91 Å². The van der Waals surface area contributed by atoms with Gasteiger partial charge in [0.2, 0.25) is 5.91 Å². The zero-order chi connectivity index (χ0) is 24.5. The van der Waals surface area contributed by atoms with E-state index >= 15 is 0 Å². The average Bonchev–Trinajstić information content (AvgIpc) is 2.89. The van der Waals surface area contributed by atoms with Crippen LogP contribution in [0, 0.1) is 5.92 Å². The van der Waals surface area contributed by atoms with Crippen LogP contribution in [0.3, 0.4) is 0 Å². The van der Waals surface area contributed by atoms with E-state index in [2.05, 4.69) is 25.8 Å². The van der Waals surface area contributed by atoms with Gasteiger partial charge in [-0.15, -0.1) is 0 Å². The minimum atomic E-state index is -0.693. The lowest BCUT2D eigenvalue weighted by atomic mass is 9.96. The molecule has 3 aromatic rings. The fourth-order valence-corrected chi connectivity index (χ4v) is 4.36. The highest BCUT2D eigenvalue weighted by molar-refractivity contribution is 6.30. The maximum absolute atomic E-state index is 13.1. The summed E-state index contributed by atoms with van der Waals surface area (Å²) in [5, 5.41) is 9.27. The van der Waals surface area contributed by atoms with Gasteiger partial charge in [0.15, 0.2) is 0 Å². The molecular formula is C27H30ClN5O2. The van der Waals surface area contributed by atoms with E-state index in [1.165, 1.54) is 5.69 Å². The molecule has 2 heterocycles. The number of urea groups is 1. The van der Waals surface area contributed by atoms with Crippen LogP contribution in [0.25, 0.3) is 0 Å². The molecule has 1 fully saturated rings. The zero-order valence-electron chi connectivity index (χ0n) is 19.5. The van der Waals surface area contributed by atoms with Crippen LogP contribution >= 0.6 is 11.6 Å². The molecule has 0 radical (unpaired) electrons. The number of anilines is 2. The number of nitrogens with zero attached hydrogens (tertiary/aromatic N) is 2. The molecule has 3 amide bonds.